The van der Waals surface area contributed by atoms with Gasteiger partial charge in [0.1, 0.15) is 0 Å². The van der Waals surface area contributed by atoms with Gasteiger partial charge < -0.3 is 9.88 Å². The predicted molar refractivity (Wildman–Crippen MR) is 97.3 cm³/mol. The number of aryl methyl sites for hydroxylation is 2. The van der Waals surface area contributed by atoms with E-state index in [4.69, 9.17) is 0 Å². The molecule has 4 heteroatoms. The van der Waals surface area contributed by atoms with Crippen LogP contribution in [0.5, 0.6) is 0 Å². The highest BCUT2D eigenvalue weighted by molar-refractivity contribution is 5.99. The zero-order valence-corrected chi connectivity index (χ0v) is 14.5. The number of H-pyrrole nitrogens is 1. The highest BCUT2D eigenvalue weighted by Crippen LogP contribution is 2.23. The third-order valence-electron chi connectivity index (χ3n) is 4.64. The lowest BCUT2D eigenvalue weighted by Crippen LogP contribution is -2.32. The van der Waals surface area contributed by atoms with Gasteiger partial charge in [-0.1, -0.05) is 0 Å². The first-order valence-electron chi connectivity index (χ1n) is 8.37. The van der Waals surface area contributed by atoms with Crippen LogP contribution in [0.15, 0.2) is 42.7 Å². The first kappa shape index (κ1) is 16.2. The van der Waals surface area contributed by atoms with E-state index in [0.29, 0.717) is 13.1 Å². The molecule has 4 nitrogen and oxygen atoms in total. The van der Waals surface area contributed by atoms with Crippen LogP contribution in [0.1, 0.15) is 34.1 Å². The van der Waals surface area contributed by atoms with Crippen LogP contribution in [-0.4, -0.2) is 33.9 Å². The van der Waals surface area contributed by atoms with Crippen LogP contribution < -0.4 is 0 Å². The number of amides is 1. The highest BCUT2D eigenvalue weighted by atomic mass is 16.2. The minimum absolute atomic E-state index is 0.0895. The predicted octanol–water partition coefficient (Wildman–Crippen LogP) is 3.88. The maximum atomic E-state index is 12.9. The molecule has 0 aliphatic heterocycles. The Morgan fingerprint density at radius 1 is 1.17 bits per heavy atom. The van der Waals surface area contributed by atoms with Crippen molar-refractivity contribution < 1.29 is 4.79 Å². The van der Waals surface area contributed by atoms with Crippen LogP contribution in [-0.2, 0) is 6.42 Å². The summed E-state index contributed by atoms with van der Waals surface area (Å²) in [5.41, 5.74) is 5.39. The second-order valence-electron chi connectivity index (χ2n) is 6.13. The lowest BCUT2D eigenvalue weighted by Gasteiger charge is -2.21. The van der Waals surface area contributed by atoms with Gasteiger partial charge in [-0.3, -0.25) is 9.78 Å². The second-order valence-corrected chi connectivity index (χ2v) is 6.13. The van der Waals surface area contributed by atoms with Gasteiger partial charge in [0, 0.05) is 47.6 Å². The molecule has 2 heterocycles. The maximum absolute atomic E-state index is 12.9. The zero-order valence-electron chi connectivity index (χ0n) is 14.5. The summed E-state index contributed by atoms with van der Waals surface area (Å²) in [6, 6.07) is 9.91. The van der Waals surface area contributed by atoms with Gasteiger partial charge in [0.15, 0.2) is 0 Å². The number of nitrogens with zero attached hydrogens (tertiary/aromatic N) is 2. The summed E-state index contributed by atoms with van der Waals surface area (Å²) >= 11 is 0. The van der Waals surface area contributed by atoms with Gasteiger partial charge in [-0.2, -0.15) is 0 Å². The van der Waals surface area contributed by atoms with Gasteiger partial charge in [-0.05, 0) is 68.7 Å². The fourth-order valence-corrected chi connectivity index (χ4v) is 2.99. The number of carbonyl (C=O) groups is 1. The first-order valence-corrected chi connectivity index (χ1v) is 8.37. The number of pyridine rings is 1. The third-order valence-corrected chi connectivity index (χ3v) is 4.64. The van der Waals surface area contributed by atoms with Crippen LogP contribution in [0.3, 0.4) is 0 Å². The molecule has 0 radical (unpaired) electrons. The molecule has 2 aromatic heterocycles. The fraction of sp³-hybridized carbons (Fsp3) is 0.300. The summed E-state index contributed by atoms with van der Waals surface area (Å²) in [4.78, 5) is 22.1. The average molecular weight is 321 g/mol. The van der Waals surface area contributed by atoms with Crippen LogP contribution in [0.25, 0.3) is 10.9 Å². The lowest BCUT2D eigenvalue weighted by molar-refractivity contribution is 0.0766. The molecule has 0 bridgehead atoms. The highest BCUT2D eigenvalue weighted by Gasteiger charge is 2.15. The second kappa shape index (κ2) is 6.87. The maximum Gasteiger partial charge on any atom is 0.253 e. The number of rotatable bonds is 5. The topological polar surface area (TPSA) is 49.0 Å². The zero-order chi connectivity index (χ0) is 17.1. The van der Waals surface area contributed by atoms with Crippen LogP contribution in [0, 0.1) is 13.8 Å². The number of carbonyl (C=O) groups excluding carboxylic acids is 1. The summed E-state index contributed by atoms with van der Waals surface area (Å²) in [7, 11) is 0. The number of aromatic amines is 1. The van der Waals surface area contributed by atoms with E-state index >= 15 is 0 Å². The van der Waals surface area contributed by atoms with Crippen LogP contribution in [0.4, 0.5) is 0 Å². The third kappa shape index (κ3) is 3.18. The van der Waals surface area contributed by atoms with Crippen molar-refractivity contribution >= 4 is 16.8 Å². The van der Waals surface area contributed by atoms with Gasteiger partial charge in [-0.25, -0.2) is 0 Å². The Hall–Kier alpha value is -2.62. The average Bonchev–Trinajstić information content (AvgIpc) is 2.90. The Bertz CT molecular complexity index is 852. The number of benzene rings is 1. The number of fused-ring (bicyclic) bond motifs is 1. The Balaban J connectivity index is 1.79. The minimum Gasteiger partial charge on any atom is -0.358 e. The Labute approximate surface area is 142 Å². The largest absolute Gasteiger partial charge is 0.358 e. The molecule has 24 heavy (non-hydrogen) atoms. The molecule has 0 unspecified atom stereocenters. The number of aromatic nitrogens is 2. The molecule has 3 aromatic rings. The van der Waals surface area contributed by atoms with Crippen molar-refractivity contribution in [2.75, 3.05) is 13.1 Å². The summed E-state index contributed by atoms with van der Waals surface area (Å²) in [5, 5.41) is 1.13. The molecule has 0 saturated carbocycles. The molecule has 0 atom stereocenters. The molecule has 1 aromatic carbocycles. The van der Waals surface area contributed by atoms with Gasteiger partial charge in [0.05, 0.1) is 0 Å². The molecular weight excluding hydrogens is 298 g/mol. The van der Waals surface area contributed by atoms with E-state index in [1.807, 2.05) is 42.2 Å². The molecule has 0 saturated heterocycles. The number of hydrogen-bond donors (Lipinski definition) is 1. The Morgan fingerprint density at radius 2 is 1.92 bits per heavy atom. The van der Waals surface area contributed by atoms with Crippen molar-refractivity contribution in [2.24, 2.45) is 0 Å². The number of nitrogens with one attached hydrogen (secondary N) is 1. The van der Waals surface area contributed by atoms with Crippen molar-refractivity contribution in [3.8, 4) is 0 Å². The van der Waals surface area contributed by atoms with Gasteiger partial charge in [0.2, 0.25) is 0 Å². The van der Waals surface area contributed by atoms with E-state index in [1.54, 1.807) is 12.4 Å². The van der Waals surface area contributed by atoms with Gasteiger partial charge >= 0.3 is 0 Å². The van der Waals surface area contributed by atoms with Crippen LogP contribution >= 0.6 is 0 Å². The summed E-state index contributed by atoms with van der Waals surface area (Å²) < 4.78 is 0. The smallest absolute Gasteiger partial charge is 0.253 e. The van der Waals surface area contributed by atoms with Gasteiger partial charge in [-0.15, -0.1) is 0 Å². The van der Waals surface area contributed by atoms with E-state index in [-0.39, 0.29) is 5.91 Å². The molecule has 0 fully saturated rings. The van der Waals surface area contributed by atoms with Crippen molar-refractivity contribution in [1.29, 1.82) is 0 Å². The molecular formula is C20H23N3O. The molecule has 1 N–H and O–H groups in total. The summed E-state index contributed by atoms with van der Waals surface area (Å²) in [5.74, 6) is 0.0895. The monoisotopic (exact) mass is 321 g/mol. The first-order chi connectivity index (χ1) is 11.6. The minimum atomic E-state index is 0.0895. The van der Waals surface area contributed by atoms with Crippen molar-refractivity contribution in [3.05, 3.63) is 65.1 Å². The van der Waals surface area contributed by atoms with E-state index in [1.165, 1.54) is 11.1 Å². The van der Waals surface area contributed by atoms with Crippen molar-refractivity contribution in [2.45, 2.75) is 27.2 Å². The van der Waals surface area contributed by atoms with E-state index in [0.717, 1.165) is 28.6 Å². The van der Waals surface area contributed by atoms with Crippen molar-refractivity contribution in [1.82, 2.24) is 14.9 Å². The quantitative estimate of drug-likeness (QED) is 0.775. The molecule has 3 rings (SSSR count). The normalized spacial score (nSPS) is 11.0. The Kier molecular flexibility index (Phi) is 4.65. The van der Waals surface area contributed by atoms with E-state index in [9.17, 15) is 4.79 Å². The number of likely N-dealkylation sites (N-methyl/N-ethyl adjacent to an activating group) is 1. The van der Waals surface area contributed by atoms with Crippen LogP contribution in [0.2, 0.25) is 0 Å². The molecule has 0 spiro atoms. The molecule has 1 amide bonds. The van der Waals surface area contributed by atoms with E-state index < -0.39 is 0 Å². The van der Waals surface area contributed by atoms with Gasteiger partial charge in [0.25, 0.3) is 5.91 Å². The summed E-state index contributed by atoms with van der Waals surface area (Å²) in [6.07, 6.45) is 4.42. The van der Waals surface area contributed by atoms with E-state index in [2.05, 4.69) is 23.8 Å². The Morgan fingerprint density at radius 3 is 2.62 bits per heavy atom. The number of hydrogen-bond acceptors (Lipinski definition) is 2. The molecule has 0 aliphatic rings. The lowest BCUT2D eigenvalue weighted by atomic mass is 10.1. The fourth-order valence-electron chi connectivity index (χ4n) is 2.99. The standard InChI is InChI=1S/C20H23N3O/c1-4-23(12-9-16-7-10-21-11-8-16)20(24)17-5-6-19-18(13-17)14(2)15(3)22-19/h5-8,10-11,13,22H,4,9,12H2,1-3H3. The SMILES string of the molecule is CCN(CCc1ccncc1)C(=O)c1ccc2[nH]c(C)c(C)c2c1. The molecule has 0 aliphatic carbocycles. The molecule has 124 valence electrons. The summed E-state index contributed by atoms with van der Waals surface area (Å²) in [6.45, 7) is 7.58. The van der Waals surface area contributed by atoms with Crippen molar-refractivity contribution in [3.63, 3.8) is 0 Å².